The maximum Gasteiger partial charge on any atom is 0.178 e. The minimum absolute atomic E-state index is 0.126. The summed E-state index contributed by atoms with van der Waals surface area (Å²) in [6.07, 6.45) is 12.6. The van der Waals surface area contributed by atoms with Crippen LogP contribution in [0.3, 0.4) is 0 Å². The molecule has 1 heterocycles. The molecule has 1 aromatic heterocycles. The SMILES string of the molecule is Nc1cncnc1N=CC1C=Cc2ccc3cccc4c3c2C1=CC4. The lowest BCUT2D eigenvalue weighted by Gasteiger charge is -2.27. The molecule has 1 unspecified atom stereocenters. The average Bonchev–Trinajstić information content (AvgIpc) is 2.66. The summed E-state index contributed by atoms with van der Waals surface area (Å²) in [4.78, 5) is 12.6. The zero-order valence-electron chi connectivity index (χ0n) is 13.6. The highest BCUT2D eigenvalue weighted by Gasteiger charge is 2.24. The Morgan fingerprint density at radius 3 is 3.08 bits per heavy atom. The number of benzene rings is 2. The van der Waals surface area contributed by atoms with Crippen molar-refractivity contribution in [2.45, 2.75) is 6.42 Å². The quantitative estimate of drug-likeness (QED) is 0.719. The predicted molar refractivity (Wildman–Crippen MR) is 103 cm³/mol. The lowest BCUT2D eigenvalue weighted by Crippen LogP contribution is -2.12. The molecule has 2 aliphatic carbocycles. The summed E-state index contributed by atoms with van der Waals surface area (Å²) >= 11 is 0. The molecule has 120 valence electrons. The zero-order chi connectivity index (χ0) is 16.8. The lowest BCUT2D eigenvalue weighted by atomic mass is 9.77. The van der Waals surface area contributed by atoms with Crippen LogP contribution in [0.1, 0.15) is 16.7 Å². The van der Waals surface area contributed by atoms with Gasteiger partial charge in [0.25, 0.3) is 0 Å². The van der Waals surface area contributed by atoms with E-state index < -0.39 is 0 Å². The molecule has 0 saturated carbocycles. The largest absolute Gasteiger partial charge is 0.394 e. The maximum absolute atomic E-state index is 5.89. The van der Waals surface area contributed by atoms with Gasteiger partial charge in [-0.25, -0.2) is 15.0 Å². The van der Waals surface area contributed by atoms with Crippen LogP contribution in [0.4, 0.5) is 11.5 Å². The number of nitrogens with zero attached hydrogens (tertiary/aromatic N) is 3. The molecule has 0 bridgehead atoms. The van der Waals surface area contributed by atoms with Crippen LogP contribution in [-0.4, -0.2) is 16.2 Å². The molecule has 4 heteroatoms. The van der Waals surface area contributed by atoms with Gasteiger partial charge in [0.15, 0.2) is 5.82 Å². The van der Waals surface area contributed by atoms with Gasteiger partial charge in [-0.1, -0.05) is 48.6 Å². The van der Waals surface area contributed by atoms with Crippen LogP contribution >= 0.6 is 0 Å². The molecule has 3 aromatic rings. The van der Waals surface area contributed by atoms with Crippen LogP contribution in [0.15, 0.2) is 60.0 Å². The molecule has 0 fully saturated rings. The number of hydrogen-bond acceptors (Lipinski definition) is 4. The monoisotopic (exact) mass is 324 g/mol. The van der Waals surface area contributed by atoms with E-state index in [1.54, 1.807) is 6.20 Å². The Balaban J connectivity index is 1.62. The summed E-state index contributed by atoms with van der Waals surface area (Å²) in [7, 11) is 0. The minimum Gasteiger partial charge on any atom is -0.394 e. The van der Waals surface area contributed by atoms with Gasteiger partial charge in [-0.3, -0.25) is 0 Å². The Labute approximate surface area is 145 Å². The topological polar surface area (TPSA) is 64.2 Å². The highest BCUT2D eigenvalue weighted by Crippen LogP contribution is 2.42. The van der Waals surface area contributed by atoms with Crippen molar-refractivity contribution in [3.05, 3.63) is 71.7 Å². The van der Waals surface area contributed by atoms with Gasteiger partial charge in [0.2, 0.25) is 0 Å². The number of rotatable bonds is 2. The zero-order valence-corrected chi connectivity index (χ0v) is 13.6. The standard InChI is InChI=1S/C21H16N4/c22-18-11-23-12-25-21(18)24-10-16-7-6-15-5-4-13-2-1-3-14-8-9-17(16)20(15)19(13)14/h1-7,9-12,16H,8,22H2. The molecule has 2 N–H and O–H groups in total. The fourth-order valence-electron chi connectivity index (χ4n) is 3.75. The van der Waals surface area contributed by atoms with Crippen molar-refractivity contribution in [1.29, 1.82) is 0 Å². The molecule has 25 heavy (non-hydrogen) atoms. The summed E-state index contributed by atoms with van der Waals surface area (Å²) in [5.41, 5.74) is 11.7. The fraction of sp³-hybridized carbons (Fsp3) is 0.0952. The van der Waals surface area contributed by atoms with E-state index in [1.807, 2.05) is 6.21 Å². The van der Waals surface area contributed by atoms with Gasteiger partial charge >= 0.3 is 0 Å². The predicted octanol–water partition coefficient (Wildman–Crippen LogP) is 4.20. The molecule has 0 aliphatic heterocycles. The van der Waals surface area contributed by atoms with E-state index in [2.05, 4.69) is 63.5 Å². The Hall–Kier alpha value is -3.27. The van der Waals surface area contributed by atoms with Crippen molar-refractivity contribution in [2.24, 2.45) is 10.9 Å². The highest BCUT2D eigenvalue weighted by atomic mass is 15.0. The number of allylic oxidation sites excluding steroid dienone is 3. The molecule has 5 rings (SSSR count). The second-order valence-electron chi connectivity index (χ2n) is 6.37. The smallest absolute Gasteiger partial charge is 0.178 e. The molecule has 1 atom stereocenters. The number of nitrogens with two attached hydrogens (primary N) is 1. The Kier molecular flexibility index (Phi) is 3.04. The van der Waals surface area contributed by atoms with Crippen molar-refractivity contribution >= 4 is 40.1 Å². The lowest BCUT2D eigenvalue weighted by molar-refractivity contribution is 1.12. The van der Waals surface area contributed by atoms with Gasteiger partial charge in [0, 0.05) is 12.1 Å². The first-order valence-electron chi connectivity index (χ1n) is 8.34. The van der Waals surface area contributed by atoms with E-state index in [9.17, 15) is 0 Å². The Morgan fingerprint density at radius 1 is 1.20 bits per heavy atom. The molecule has 2 aromatic carbocycles. The first-order chi connectivity index (χ1) is 12.3. The molecule has 0 spiro atoms. The fourth-order valence-corrected chi connectivity index (χ4v) is 3.75. The van der Waals surface area contributed by atoms with Gasteiger partial charge < -0.3 is 5.73 Å². The molecule has 2 aliphatic rings. The van der Waals surface area contributed by atoms with Crippen LogP contribution in [0.25, 0.3) is 22.4 Å². The number of aliphatic imine (C=N–C) groups is 1. The molecule has 0 amide bonds. The van der Waals surface area contributed by atoms with Crippen molar-refractivity contribution in [3.63, 3.8) is 0 Å². The molecule has 0 radical (unpaired) electrons. The van der Waals surface area contributed by atoms with Gasteiger partial charge in [0.05, 0.1) is 11.9 Å². The van der Waals surface area contributed by atoms with Crippen LogP contribution < -0.4 is 5.73 Å². The van der Waals surface area contributed by atoms with Gasteiger partial charge in [-0.15, -0.1) is 0 Å². The van der Waals surface area contributed by atoms with Crippen molar-refractivity contribution in [3.8, 4) is 0 Å². The summed E-state index contributed by atoms with van der Waals surface area (Å²) in [6.45, 7) is 0. The third kappa shape index (κ3) is 2.18. The maximum atomic E-state index is 5.89. The number of aromatic nitrogens is 2. The minimum atomic E-state index is 0.126. The molecular formula is C21H16N4. The summed E-state index contributed by atoms with van der Waals surface area (Å²) in [5, 5.41) is 2.68. The first-order valence-corrected chi connectivity index (χ1v) is 8.34. The summed E-state index contributed by atoms with van der Waals surface area (Å²) in [6, 6.07) is 11.0. The van der Waals surface area contributed by atoms with Crippen LogP contribution in [0, 0.1) is 5.92 Å². The number of nitrogen functional groups attached to an aromatic ring is 1. The van der Waals surface area contributed by atoms with E-state index >= 15 is 0 Å². The van der Waals surface area contributed by atoms with Crippen molar-refractivity contribution in [2.75, 3.05) is 5.73 Å². The Morgan fingerprint density at radius 2 is 2.16 bits per heavy atom. The van der Waals surface area contributed by atoms with E-state index in [0.29, 0.717) is 11.5 Å². The highest BCUT2D eigenvalue weighted by molar-refractivity contribution is 6.06. The second-order valence-corrected chi connectivity index (χ2v) is 6.37. The summed E-state index contributed by atoms with van der Waals surface area (Å²) < 4.78 is 0. The van der Waals surface area contributed by atoms with Gasteiger partial charge in [-0.2, -0.15) is 0 Å². The van der Waals surface area contributed by atoms with Crippen molar-refractivity contribution < 1.29 is 0 Å². The van der Waals surface area contributed by atoms with Crippen LogP contribution in [0.5, 0.6) is 0 Å². The Bertz CT molecular complexity index is 1090. The third-order valence-electron chi connectivity index (χ3n) is 4.91. The number of hydrogen-bond donors (Lipinski definition) is 1. The molecule has 0 saturated heterocycles. The van der Waals surface area contributed by atoms with E-state index in [0.717, 1.165) is 6.42 Å². The van der Waals surface area contributed by atoms with E-state index in [-0.39, 0.29) is 5.92 Å². The normalized spacial score (nSPS) is 17.9. The van der Waals surface area contributed by atoms with E-state index in [1.165, 1.54) is 39.4 Å². The third-order valence-corrected chi connectivity index (χ3v) is 4.91. The summed E-state index contributed by atoms with van der Waals surface area (Å²) in [5.74, 6) is 0.644. The molecular weight excluding hydrogens is 308 g/mol. The second kappa shape index (κ2) is 5.38. The van der Waals surface area contributed by atoms with Crippen LogP contribution in [0.2, 0.25) is 0 Å². The molecule has 4 nitrogen and oxygen atoms in total. The van der Waals surface area contributed by atoms with Gasteiger partial charge in [0.1, 0.15) is 6.33 Å². The van der Waals surface area contributed by atoms with E-state index in [4.69, 9.17) is 5.73 Å². The van der Waals surface area contributed by atoms with Gasteiger partial charge in [-0.05, 0) is 39.5 Å². The van der Waals surface area contributed by atoms with Crippen LogP contribution in [-0.2, 0) is 6.42 Å². The number of anilines is 1. The average molecular weight is 324 g/mol. The van der Waals surface area contributed by atoms with Crippen molar-refractivity contribution in [1.82, 2.24) is 9.97 Å². The first kappa shape index (κ1) is 14.1.